The molecule has 0 saturated heterocycles. The minimum atomic E-state index is -0.220. The molecule has 2 atom stereocenters. The minimum Gasteiger partial charge on any atom is -0.469 e. The summed E-state index contributed by atoms with van der Waals surface area (Å²) in [6.45, 7) is 0. The average Bonchev–Trinajstić information content (AvgIpc) is 3.31. The molecule has 0 bridgehead atoms. The maximum atomic E-state index is 6.49. The molecule has 0 unspecified atom stereocenters. The first-order valence-electron chi connectivity index (χ1n) is 10.6. The molecule has 0 fully saturated rings. The van der Waals surface area contributed by atoms with Crippen LogP contribution in [0.5, 0.6) is 5.75 Å². The van der Waals surface area contributed by atoms with Crippen LogP contribution in [0.25, 0.3) is 16.8 Å². The van der Waals surface area contributed by atoms with Crippen LogP contribution < -0.4 is 10.2 Å². The van der Waals surface area contributed by atoms with Gasteiger partial charge in [-0.15, -0.1) is 0 Å². The molecular weight excluding hydrogens is 380 g/mol. The molecule has 1 N–H and O–H groups in total. The van der Waals surface area contributed by atoms with Crippen molar-refractivity contribution in [2.24, 2.45) is 0 Å². The highest BCUT2D eigenvalue weighted by atomic mass is 16.5. The quantitative estimate of drug-likeness (QED) is 0.432. The van der Waals surface area contributed by atoms with Crippen molar-refractivity contribution in [3.05, 3.63) is 132 Å². The Morgan fingerprint density at radius 1 is 0.613 bits per heavy atom. The fraction of sp³-hybridized carbons (Fsp3) is 0.0714. The highest BCUT2D eigenvalue weighted by Crippen LogP contribution is 2.45. The van der Waals surface area contributed by atoms with Crippen LogP contribution in [0, 0.1) is 0 Å². The average molecular weight is 402 g/mol. The largest absolute Gasteiger partial charge is 0.469 e. The van der Waals surface area contributed by atoms with Gasteiger partial charge in [0.05, 0.1) is 11.7 Å². The SMILES string of the molecule is C1=C(c2ccccc2)NN2[C@H]1c1ccccc1O[C@H]2c1ccc(-c2ccccc2)cc1. The summed E-state index contributed by atoms with van der Waals surface area (Å²) >= 11 is 0. The van der Waals surface area contributed by atoms with Crippen molar-refractivity contribution in [1.82, 2.24) is 10.4 Å². The summed E-state index contributed by atoms with van der Waals surface area (Å²) in [7, 11) is 0. The number of fused-ring (bicyclic) bond motifs is 3. The number of nitrogens with zero attached hydrogens (tertiary/aromatic N) is 1. The standard InChI is InChI=1S/C28H22N2O/c1-3-9-20(10-4-1)21-15-17-23(18-16-21)28-30-26(24-13-7-8-14-27(24)31-28)19-25(29-30)22-11-5-2-6-12-22/h1-19,26,28-29H/t26-,28+/m1/s1. The number of ether oxygens (including phenoxy) is 1. The van der Waals surface area contributed by atoms with Crippen LogP contribution in [0.2, 0.25) is 0 Å². The Labute approximate surface area is 182 Å². The molecule has 6 rings (SSSR count). The first-order valence-corrected chi connectivity index (χ1v) is 10.6. The highest BCUT2D eigenvalue weighted by Gasteiger charge is 2.39. The van der Waals surface area contributed by atoms with E-state index >= 15 is 0 Å². The fourth-order valence-electron chi connectivity index (χ4n) is 4.42. The van der Waals surface area contributed by atoms with Gasteiger partial charge in [0.25, 0.3) is 0 Å². The topological polar surface area (TPSA) is 24.5 Å². The highest BCUT2D eigenvalue weighted by molar-refractivity contribution is 5.68. The van der Waals surface area contributed by atoms with E-state index in [1.807, 2.05) is 18.2 Å². The van der Waals surface area contributed by atoms with Crippen molar-refractivity contribution in [1.29, 1.82) is 0 Å². The lowest BCUT2D eigenvalue weighted by Gasteiger charge is -2.39. The molecule has 0 aromatic heterocycles. The molecule has 4 aromatic rings. The normalized spacial score (nSPS) is 19.5. The van der Waals surface area contributed by atoms with E-state index in [-0.39, 0.29) is 12.3 Å². The molecule has 0 radical (unpaired) electrons. The van der Waals surface area contributed by atoms with E-state index in [1.54, 1.807) is 0 Å². The summed E-state index contributed by atoms with van der Waals surface area (Å²) in [5.74, 6) is 0.938. The smallest absolute Gasteiger partial charge is 0.195 e. The van der Waals surface area contributed by atoms with Gasteiger partial charge < -0.3 is 10.2 Å². The van der Waals surface area contributed by atoms with Gasteiger partial charge in [0.1, 0.15) is 5.75 Å². The summed E-state index contributed by atoms with van der Waals surface area (Å²) in [6.07, 6.45) is 2.07. The van der Waals surface area contributed by atoms with Gasteiger partial charge in [0.2, 0.25) is 0 Å². The van der Waals surface area contributed by atoms with E-state index in [4.69, 9.17) is 4.74 Å². The lowest BCUT2D eigenvalue weighted by molar-refractivity contribution is -0.0326. The molecule has 2 aliphatic heterocycles. The predicted octanol–water partition coefficient (Wildman–Crippen LogP) is 6.35. The lowest BCUT2D eigenvalue weighted by Crippen LogP contribution is -2.43. The van der Waals surface area contributed by atoms with Crippen LogP contribution in [-0.4, -0.2) is 5.01 Å². The number of hydrogen-bond donors (Lipinski definition) is 1. The maximum Gasteiger partial charge on any atom is 0.195 e. The zero-order valence-electron chi connectivity index (χ0n) is 17.0. The van der Waals surface area contributed by atoms with Gasteiger partial charge >= 0.3 is 0 Å². The molecule has 150 valence electrons. The molecule has 4 aromatic carbocycles. The monoisotopic (exact) mass is 402 g/mol. The molecule has 2 heterocycles. The maximum absolute atomic E-state index is 6.49. The first kappa shape index (κ1) is 18.0. The Kier molecular flexibility index (Phi) is 4.33. The van der Waals surface area contributed by atoms with Crippen molar-refractivity contribution in [3.63, 3.8) is 0 Å². The van der Waals surface area contributed by atoms with Gasteiger partial charge in [0, 0.05) is 11.1 Å². The van der Waals surface area contributed by atoms with Crippen LogP contribution in [0.1, 0.15) is 29.0 Å². The third-order valence-electron chi connectivity index (χ3n) is 5.99. The Hall–Kier alpha value is -3.82. The Morgan fingerprint density at radius 2 is 1.23 bits per heavy atom. The van der Waals surface area contributed by atoms with Gasteiger partial charge in [-0.3, -0.25) is 0 Å². The van der Waals surface area contributed by atoms with Gasteiger partial charge in [0.15, 0.2) is 6.23 Å². The van der Waals surface area contributed by atoms with E-state index in [1.165, 1.54) is 22.3 Å². The second-order valence-corrected chi connectivity index (χ2v) is 7.91. The summed E-state index contributed by atoms with van der Waals surface area (Å²) in [5.41, 5.74) is 10.6. The van der Waals surface area contributed by atoms with E-state index in [0.29, 0.717) is 0 Å². The first-order chi connectivity index (χ1) is 15.4. The molecule has 0 aliphatic carbocycles. The number of para-hydroxylation sites is 1. The second kappa shape index (κ2) is 7.46. The molecule has 0 amide bonds. The third-order valence-corrected chi connectivity index (χ3v) is 5.99. The Balaban J connectivity index is 1.37. The van der Waals surface area contributed by atoms with Crippen molar-refractivity contribution >= 4 is 5.70 Å². The number of hydrazine groups is 1. The number of benzene rings is 4. The van der Waals surface area contributed by atoms with Gasteiger partial charge in [-0.05, 0) is 28.8 Å². The summed E-state index contributed by atoms with van der Waals surface area (Å²) in [5, 5.41) is 2.21. The Morgan fingerprint density at radius 3 is 1.97 bits per heavy atom. The third kappa shape index (κ3) is 3.20. The number of nitrogens with one attached hydrogen (secondary N) is 1. The molecule has 31 heavy (non-hydrogen) atoms. The number of rotatable bonds is 3. The summed E-state index contributed by atoms with van der Waals surface area (Å²) in [6, 6.07) is 38.0. The molecule has 3 heteroatoms. The second-order valence-electron chi connectivity index (χ2n) is 7.91. The van der Waals surface area contributed by atoms with Crippen LogP contribution >= 0.6 is 0 Å². The van der Waals surface area contributed by atoms with Crippen LogP contribution in [0.3, 0.4) is 0 Å². The van der Waals surface area contributed by atoms with Crippen molar-refractivity contribution < 1.29 is 4.74 Å². The summed E-state index contributed by atoms with van der Waals surface area (Å²) in [4.78, 5) is 0. The van der Waals surface area contributed by atoms with Crippen molar-refractivity contribution in [3.8, 4) is 16.9 Å². The lowest BCUT2D eigenvalue weighted by atomic mass is 9.99. The van der Waals surface area contributed by atoms with Gasteiger partial charge in [-0.25, -0.2) is 0 Å². The fourth-order valence-corrected chi connectivity index (χ4v) is 4.42. The zero-order chi connectivity index (χ0) is 20.6. The van der Waals surface area contributed by atoms with Crippen molar-refractivity contribution in [2.45, 2.75) is 12.3 Å². The van der Waals surface area contributed by atoms with Gasteiger partial charge in [-0.2, -0.15) is 5.01 Å². The summed E-state index contributed by atoms with van der Waals surface area (Å²) < 4.78 is 6.49. The number of hydrogen-bond acceptors (Lipinski definition) is 3. The molecule has 2 aliphatic rings. The zero-order valence-corrected chi connectivity index (χ0v) is 17.0. The van der Waals surface area contributed by atoms with E-state index in [2.05, 4.69) is 108 Å². The Bertz CT molecular complexity index is 1230. The van der Waals surface area contributed by atoms with E-state index < -0.39 is 0 Å². The van der Waals surface area contributed by atoms with Crippen LogP contribution in [0.15, 0.2) is 115 Å². The van der Waals surface area contributed by atoms with Crippen LogP contribution in [-0.2, 0) is 0 Å². The predicted molar refractivity (Wildman–Crippen MR) is 124 cm³/mol. The molecular formula is C28H22N2O. The minimum absolute atomic E-state index is 0.110. The van der Waals surface area contributed by atoms with Gasteiger partial charge in [-0.1, -0.05) is 103 Å². The van der Waals surface area contributed by atoms with E-state index in [0.717, 1.165) is 17.0 Å². The van der Waals surface area contributed by atoms with Crippen LogP contribution in [0.4, 0.5) is 0 Å². The van der Waals surface area contributed by atoms with E-state index in [9.17, 15) is 0 Å². The molecule has 3 nitrogen and oxygen atoms in total. The van der Waals surface area contributed by atoms with Crippen molar-refractivity contribution in [2.75, 3.05) is 0 Å². The molecule has 0 saturated carbocycles. The molecule has 0 spiro atoms.